The molecule has 4 aromatic rings. The van der Waals surface area contributed by atoms with Gasteiger partial charge in [0.1, 0.15) is 17.6 Å². The van der Waals surface area contributed by atoms with Crippen molar-refractivity contribution in [3.05, 3.63) is 94.7 Å². The van der Waals surface area contributed by atoms with E-state index in [4.69, 9.17) is 4.74 Å². The molecule has 1 fully saturated rings. The number of fused-ring (bicyclic) bond motifs is 1. The highest BCUT2D eigenvalue weighted by Crippen LogP contribution is 2.38. The van der Waals surface area contributed by atoms with Gasteiger partial charge in [-0.15, -0.1) is 11.3 Å². The Morgan fingerprint density at radius 3 is 2.44 bits per heavy atom. The molecule has 0 aliphatic carbocycles. The Morgan fingerprint density at radius 1 is 1.00 bits per heavy atom. The third-order valence-corrected chi connectivity index (χ3v) is 9.79. The van der Waals surface area contributed by atoms with Gasteiger partial charge >= 0.3 is 0 Å². The number of ether oxygens (including phenoxy) is 1. The van der Waals surface area contributed by atoms with Crippen LogP contribution in [-0.2, 0) is 20.9 Å². The zero-order chi connectivity index (χ0) is 35.4. The van der Waals surface area contributed by atoms with Crippen molar-refractivity contribution in [2.75, 3.05) is 49.6 Å². The van der Waals surface area contributed by atoms with E-state index in [-0.39, 0.29) is 29.2 Å². The van der Waals surface area contributed by atoms with Crippen LogP contribution in [0.4, 0.5) is 15.2 Å². The second-order valence-electron chi connectivity index (χ2n) is 13.8. The first-order chi connectivity index (χ1) is 24.0. The third-order valence-electron chi connectivity index (χ3n) is 9.10. The fourth-order valence-electron chi connectivity index (χ4n) is 6.24. The topological polar surface area (TPSA) is 115 Å². The summed E-state index contributed by atoms with van der Waals surface area (Å²) in [6.45, 7) is 10.5. The Balaban J connectivity index is 1.10. The van der Waals surface area contributed by atoms with E-state index in [2.05, 4.69) is 36.0 Å². The predicted molar refractivity (Wildman–Crippen MR) is 192 cm³/mol. The van der Waals surface area contributed by atoms with Crippen LogP contribution in [0.15, 0.2) is 72.2 Å². The summed E-state index contributed by atoms with van der Waals surface area (Å²) < 4.78 is 20.0. The number of halogens is 1. The van der Waals surface area contributed by atoms with E-state index in [1.54, 1.807) is 5.38 Å². The number of aromatic hydroxyl groups is 1. The molecule has 2 N–H and O–H groups in total. The number of carbonyl (C=O) groups excluding carboxylic acids is 3. The molecule has 1 saturated heterocycles. The predicted octanol–water partition coefficient (Wildman–Crippen LogP) is 6.48. The van der Waals surface area contributed by atoms with Gasteiger partial charge in [0.2, 0.25) is 5.91 Å². The fraction of sp³-hybridized carbons (Fsp3) is 0.368. The first kappa shape index (κ1) is 35.0. The molecule has 1 unspecified atom stereocenters. The Hall–Kier alpha value is -4.81. The van der Waals surface area contributed by atoms with Crippen LogP contribution in [0.1, 0.15) is 61.1 Å². The minimum absolute atomic E-state index is 0.0122. The average molecular weight is 700 g/mol. The molecule has 2 aliphatic rings. The summed E-state index contributed by atoms with van der Waals surface area (Å²) in [5.74, 6) is -1.81. The molecule has 6 rings (SSSR count). The van der Waals surface area contributed by atoms with Crippen LogP contribution in [0.2, 0.25) is 0 Å². The molecule has 2 aliphatic heterocycles. The van der Waals surface area contributed by atoms with Crippen molar-refractivity contribution in [1.29, 1.82) is 0 Å². The highest BCUT2D eigenvalue weighted by atomic mass is 32.1. The number of phenols is 1. The van der Waals surface area contributed by atoms with Gasteiger partial charge in [-0.1, -0.05) is 45.0 Å². The summed E-state index contributed by atoms with van der Waals surface area (Å²) in [7, 11) is 0. The first-order valence-corrected chi connectivity index (χ1v) is 17.7. The van der Waals surface area contributed by atoms with E-state index in [0.717, 1.165) is 54.0 Å². The van der Waals surface area contributed by atoms with Crippen molar-refractivity contribution in [2.45, 2.75) is 46.2 Å². The monoisotopic (exact) mass is 699 g/mol. The number of nitrogens with one attached hydrogen (secondary N) is 1. The van der Waals surface area contributed by atoms with E-state index in [0.29, 0.717) is 43.4 Å². The van der Waals surface area contributed by atoms with E-state index in [1.807, 2.05) is 47.4 Å². The molecule has 3 aromatic carbocycles. The second kappa shape index (κ2) is 15.0. The first-order valence-electron chi connectivity index (χ1n) is 16.8. The number of phenolic OH excluding ortho intramolecular Hbond substituents is 1. The van der Waals surface area contributed by atoms with E-state index >= 15 is 0 Å². The van der Waals surface area contributed by atoms with Gasteiger partial charge in [0.25, 0.3) is 11.8 Å². The molecule has 1 atom stereocenters. The van der Waals surface area contributed by atoms with Crippen LogP contribution < -0.4 is 10.2 Å². The molecule has 1 aromatic heterocycles. The van der Waals surface area contributed by atoms with Crippen LogP contribution in [0.3, 0.4) is 0 Å². The summed E-state index contributed by atoms with van der Waals surface area (Å²) >= 11 is 1.21. The lowest BCUT2D eigenvalue weighted by Gasteiger charge is -2.36. The maximum Gasteiger partial charge on any atom is 0.255 e. The van der Waals surface area contributed by atoms with Crippen LogP contribution in [0, 0.1) is 11.2 Å². The van der Waals surface area contributed by atoms with Gasteiger partial charge in [-0.2, -0.15) is 0 Å². The van der Waals surface area contributed by atoms with Crippen molar-refractivity contribution < 1.29 is 28.6 Å². The van der Waals surface area contributed by atoms with Crippen LogP contribution >= 0.6 is 11.3 Å². The largest absolute Gasteiger partial charge is 0.508 e. The number of hydrogen-bond donors (Lipinski definition) is 2. The van der Waals surface area contributed by atoms with Gasteiger partial charge in [-0.05, 0) is 64.9 Å². The maximum atomic E-state index is 14.3. The van der Waals surface area contributed by atoms with Crippen molar-refractivity contribution in [3.8, 4) is 16.9 Å². The third kappa shape index (κ3) is 8.14. The van der Waals surface area contributed by atoms with Gasteiger partial charge < -0.3 is 24.5 Å². The Kier molecular flexibility index (Phi) is 10.5. The standard InChI is InChI=1S/C38H42FN5O5S/c1-38(2,3)13-20-49-19-12-33(46)43-17-15-42(16-18-43)29-9-6-25(7-10-29)26-4-5-27-24-44(36(48)30(27)22-26)34(31-23-28(39)8-11-32(31)45)35(47)41-37-40-14-21-50-37/h4-11,14,21-23,34,45H,12-13,15-20,24H2,1-3H3,(H,40,41,47). The summed E-state index contributed by atoms with van der Waals surface area (Å²) in [5, 5.41) is 15.4. The molecule has 0 bridgehead atoms. The average Bonchev–Trinajstić information content (AvgIpc) is 3.73. The SMILES string of the molecule is CC(C)(C)CCOCCC(=O)N1CCN(c2ccc(-c3ccc4c(c3)C(=O)N(C(C(=O)Nc3nccs3)c3cc(F)ccc3O)C4)cc2)CC1. The van der Waals surface area contributed by atoms with Gasteiger partial charge in [0, 0.05) is 67.7 Å². The molecule has 10 nitrogen and oxygen atoms in total. The number of aromatic nitrogens is 1. The highest BCUT2D eigenvalue weighted by Gasteiger charge is 2.39. The number of piperazine rings is 1. The summed E-state index contributed by atoms with van der Waals surface area (Å²) in [6.07, 6.45) is 2.89. The number of benzene rings is 3. The zero-order valence-electron chi connectivity index (χ0n) is 28.5. The molecule has 0 radical (unpaired) electrons. The van der Waals surface area contributed by atoms with Gasteiger partial charge in [-0.3, -0.25) is 19.7 Å². The lowest BCUT2D eigenvalue weighted by atomic mass is 9.93. The number of nitrogens with zero attached hydrogens (tertiary/aromatic N) is 4. The van der Waals surface area contributed by atoms with Gasteiger partial charge in [0.15, 0.2) is 5.13 Å². The number of thiazole rings is 1. The molecule has 50 heavy (non-hydrogen) atoms. The quantitative estimate of drug-likeness (QED) is 0.172. The molecular weight excluding hydrogens is 658 g/mol. The van der Waals surface area contributed by atoms with Crippen LogP contribution in [0.25, 0.3) is 11.1 Å². The van der Waals surface area contributed by atoms with Crippen LogP contribution in [0.5, 0.6) is 5.75 Å². The second-order valence-corrected chi connectivity index (χ2v) is 14.7. The minimum Gasteiger partial charge on any atom is -0.508 e. The van der Waals surface area contributed by atoms with E-state index in [1.165, 1.54) is 28.5 Å². The molecule has 3 heterocycles. The Bertz CT molecular complexity index is 1840. The lowest BCUT2D eigenvalue weighted by Crippen LogP contribution is -2.49. The van der Waals surface area contributed by atoms with E-state index < -0.39 is 23.7 Å². The van der Waals surface area contributed by atoms with E-state index in [9.17, 15) is 23.9 Å². The number of rotatable bonds is 11. The zero-order valence-corrected chi connectivity index (χ0v) is 29.3. The Morgan fingerprint density at radius 2 is 1.74 bits per heavy atom. The lowest BCUT2D eigenvalue weighted by molar-refractivity contribution is -0.132. The number of carbonyl (C=O) groups is 3. The summed E-state index contributed by atoms with van der Waals surface area (Å²) in [5.41, 5.74) is 4.18. The minimum atomic E-state index is -1.29. The van der Waals surface area contributed by atoms with Gasteiger partial charge in [0.05, 0.1) is 13.0 Å². The Labute approximate surface area is 295 Å². The molecule has 12 heteroatoms. The van der Waals surface area contributed by atoms with Gasteiger partial charge in [-0.25, -0.2) is 9.37 Å². The fourth-order valence-corrected chi connectivity index (χ4v) is 6.77. The summed E-state index contributed by atoms with van der Waals surface area (Å²) in [6, 6.07) is 15.8. The van der Waals surface area contributed by atoms with Crippen molar-refractivity contribution in [1.82, 2.24) is 14.8 Å². The molecule has 0 saturated carbocycles. The molecule has 0 spiro atoms. The normalized spacial score (nSPS) is 15.3. The number of hydrogen-bond acceptors (Lipinski definition) is 8. The smallest absolute Gasteiger partial charge is 0.255 e. The molecule has 3 amide bonds. The van der Waals surface area contributed by atoms with Crippen molar-refractivity contribution >= 4 is 39.9 Å². The molecule has 262 valence electrons. The number of amides is 3. The highest BCUT2D eigenvalue weighted by molar-refractivity contribution is 7.13. The maximum absolute atomic E-state index is 14.3. The number of anilines is 2. The van der Waals surface area contributed by atoms with Crippen LogP contribution in [-0.4, -0.2) is 77.0 Å². The molecular formula is C38H42FN5O5S. The summed E-state index contributed by atoms with van der Waals surface area (Å²) in [4.78, 5) is 49.7. The van der Waals surface area contributed by atoms with Crippen molar-refractivity contribution in [3.63, 3.8) is 0 Å². The van der Waals surface area contributed by atoms with Crippen molar-refractivity contribution in [2.24, 2.45) is 5.41 Å².